The molecular formula is C18H22N2O. The Morgan fingerprint density at radius 2 is 1.67 bits per heavy atom. The number of nitrogens with one attached hydrogen (secondary N) is 1. The first-order chi connectivity index (χ1) is 10.1. The molecule has 3 heteroatoms. The molecule has 110 valence electrons. The zero-order chi connectivity index (χ0) is 15.2. The molecule has 0 bridgehead atoms. The van der Waals surface area contributed by atoms with E-state index in [1.807, 2.05) is 30.3 Å². The van der Waals surface area contributed by atoms with Crippen LogP contribution in [-0.2, 0) is 0 Å². The Hall–Kier alpha value is -2.29. The van der Waals surface area contributed by atoms with Crippen LogP contribution in [-0.4, -0.2) is 31.4 Å². The fourth-order valence-corrected chi connectivity index (χ4v) is 2.23. The largest absolute Gasteiger partial charge is 0.384 e. The molecule has 21 heavy (non-hydrogen) atoms. The molecular weight excluding hydrogens is 260 g/mol. The molecule has 0 saturated heterocycles. The van der Waals surface area contributed by atoms with E-state index in [1.165, 1.54) is 5.56 Å². The van der Waals surface area contributed by atoms with Gasteiger partial charge in [-0.05, 0) is 23.6 Å². The summed E-state index contributed by atoms with van der Waals surface area (Å²) in [6.45, 7) is 2.97. The molecule has 0 fully saturated rings. The average Bonchev–Trinajstić information content (AvgIpc) is 2.53. The summed E-state index contributed by atoms with van der Waals surface area (Å²) in [5.41, 5.74) is 2.89. The lowest BCUT2D eigenvalue weighted by molar-refractivity contribution is 0.0828. The molecule has 1 unspecified atom stereocenters. The van der Waals surface area contributed by atoms with E-state index < -0.39 is 0 Å². The van der Waals surface area contributed by atoms with Crippen LogP contribution in [0.15, 0.2) is 54.6 Å². The zero-order valence-corrected chi connectivity index (χ0v) is 12.8. The quantitative estimate of drug-likeness (QED) is 0.908. The molecule has 0 aliphatic heterocycles. The van der Waals surface area contributed by atoms with Crippen LogP contribution >= 0.6 is 0 Å². The lowest BCUT2D eigenvalue weighted by Crippen LogP contribution is -2.23. The molecule has 2 aromatic carbocycles. The van der Waals surface area contributed by atoms with Gasteiger partial charge in [-0.3, -0.25) is 4.79 Å². The highest BCUT2D eigenvalue weighted by molar-refractivity contribution is 5.99. The Kier molecular flexibility index (Phi) is 4.99. The van der Waals surface area contributed by atoms with Gasteiger partial charge in [0.15, 0.2) is 0 Å². The van der Waals surface area contributed by atoms with Crippen molar-refractivity contribution in [1.29, 1.82) is 0 Å². The number of para-hydroxylation sites is 1. The van der Waals surface area contributed by atoms with Crippen LogP contribution in [0, 0.1) is 0 Å². The minimum atomic E-state index is 0.0189. The highest BCUT2D eigenvalue weighted by Crippen LogP contribution is 2.20. The van der Waals surface area contributed by atoms with Crippen molar-refractivity contribution in [2.75, 3.05) is 26.0 Å². The van der Waals surface area contributed by atoms with Gasteiger partial charge in [0.05, 0.1) is 5.56 Å². The topological polar surface area (TPSA) is 32.3 Å². The maximum Gasteiger partial charge on any atom is 0.255 e. The van der Waals surface area contributed by atoms with Crippen LogP contribution in [0.4, 0.5) is 5.69 Å². The Balaban J connectivity index is 2.09. The van der Waals surface area contributed by atoms with Crippen molar-refractivity contribution in [3.8, 4) is 0 Å². The number of carbonyl (C=O) groups excluding carboxylic acids is 1. The molecule has 1 atom stereocenters. The number of benzene rings is 2. The van der Waals surface area contributed by atoms with Gasteiger partial charge >= 0.3 is 0 Å². The third-order valence-corrected chi connectivity index (χ3v) is 3.53. The minimum Gasteiger partial charge on any atom is -0.384 e. The molecule has 0 aliphatic carbocycles. The predicted molar refractivity (Wildman–Crippen MR) is 87.8 cm³/mol. The van der Waals surface area contributed by atoms with Crippen molar-refractivity contribution in [2.45, 2.75) is 12.8 Å². The first-order valence-electron chi connectivity index (χ1n) is 7.19. The van der Waals surface area contributed by atoms with Crippen molar-refractivity contribution in [1.82, 2.24) is 4.90 Å². The SMILES string of the molecule is CC(CNc1ccccc1C(=O)N(C)C)c1ccccc1. The normalized spacial score (nSPS) is 11.8. The second-order valence-corrected chi connectivity index (χ2v) is 5.44. The summed E-state index contributed by atoms with van der Waals surface area (Å²) < 4.78 is 0. The Bertz CT molecular complexity index is 593. The van der Waals surface area contributed by atoms with Gasteiger partial charge in [-0.1, -0.05) is 49.4 Å². The molecule has 0 aliphatic rings. The standard InChI is InChI=1S/C18H22N2O/c1-14(15-9-5-4-6-10-15)13-19-17-12-8-7-11-16(17)18(21)20(2)3/h4-12,14,19H,13H2,1-3H3. The van der Waals surface area contributed by atoms with Gasteiger partial charge in [0.2, 0.25) is 0 Å². The number of hydrogen-bond acceptors (Lipinski definition) is 2. The summed E-state index contributed by atoms with van der Waals surface area (Å²) in [5.74, 6) is 0.402. The summed E-state index contributed by atoms with van der Waals surface area (Å²) in [6.07, 6.45) is 0. The highest BCUT2D eigenvalue weighted by atomic mass is 16.2. The summed E-state index contributed by atoms with van der Waals surface area (Å²) >= 11 is 0. The van der Waals surface area contributed by atoms with Gasteiger partial charge < -0.3 is 10.2 Å². The number of hydrogen-bond donors (Lipinski definition) is 1. The zero-order valence-electron chi connectivity index (χ0n) is 12.8. The number of carbonyl (C=O) groups is 1. The minimum absolute atomic E-state index is 0.0189. The maximum absolute atomic E-state index is 12.2. The summed E-state index contributed by atoms with van der Waals surface area (Å²) in [5, 5.41) is 3.40. The van der Waals surface area contributed by atoms with Gasteiger partial charge in [-0.15, -0.1) is 0 Å². The second kappa shape index (κ2) is 6.93. The molecule has 2 aromatic rings. The molecule has 0 heterocycles. The van der Waals surface area contributed by atoms with Gasteiger partial charge in [0.1, 0.15) is 0 Å². The van der Waals surface area contributed by atoms with E-state index in [1.54, 1.807) is 19.0 Å². The summed E-state index contributed by atoms with van der Waals surface area (Å²) in [6, 6.07) is 18.0. The fourth-order valence-electron chi connectivity index (χ4n) is 2.23. The van der Waals surface area contributed by atoms with Gasteiger partial charge in [-0.2, -0.15) is 0 Å². The van der Waals surface area contributed by atoms with E-state index in [0.29, 0.717) is 11.5 Å². The third kappa shape index (κ3) is 3.85. The highest BCUT2D eigenvalue weighted by Gasteiger charge is 2.13. The number of rotatable bonds is 5. The van der Waals surface area contributed by atoms with E-state index in [9.17, 15) is 4.79 Å². The molecule has 1 N–H and O–H groups in total. The summed E-state index contributed by atoms with van der Waals surface area (Å²) in [4.78, 5) is 13.8. The van der Waals surface area contributed by atoms with Crippen LogP contribution in [0.25, 0.3) is 0 Å². The lowest BCUT2D eigenvalue weighted by Gasteiger charge is -2.18. The number of amides is 1. The maximum atomic E-state index is 12.2. The fraction of sp³-hybridized carbons (Fsp3) is 0.278. The summed E-state index contributed by atoms with van der Waals surface area (Å²) in [7, 11) is 3.54. The van der Waals surface area contributed by atoms with Crippen molar-refractivity contribution in [2.24, 2.45) is 0 Å². The van der Waals surface area contributed by atoms with E-state index >= 15 is 0 Å². The molecule has 2 rings (SSSR count). The first-order valence-corrected chi connectivity index (χ1v) is 7.19. The third-order valence-electron chi connectivity index (χ3n) is 3.53. The molecule has 0 aromatic heterocycles. The molecule has 3 nitrogen and oxygen atoms in total. The van der Waals surface area contributed by atoms with Gasteiger partial charge in [0.25, 0.3) is 5.91 Å². The van der Waals surface area contributed by atoms with E-state index in [-0.39, 0.29) is 5.91 Å². The van der Waals surface area contributed by atoms with Crippen LogP contribution in [0.2, 0.25) is 0 Å². The van der Waals surface area contributed by atoms with Crippen LogP contribution in [0.5, 0.6) is 0 Å². The van der Waals surface area contributed by atoms with Crippen molar-refractivity contribution < 1.29 is 4.79 Å². The van der Waals surface area contributed by atoms with E-state index in [4.69, 9.17) is 0 Å². The van der Waals surface area contributed by atoms with E-state index in [0.717, 1.165) is 12.2 Å². The van der Waals surface area contributed by atoms with Gasteiger partial charge in [0, 0.05) is 26.3 Å². The second-order valence-electron chi connectivity index (χ2n) is 5.44. The molecule has 0 radical (unpaired) electrons. The lowest BCUT2D eigenvalue weighted by atomic mass is 10.0. The Labute approximate surface area is 126 Å². The van der Waals surface area contributed by atoms with Crippen LogP contribution in [0.1, 0.15) is 28.8 Å². The van der Waals surface area contributed by atoms with Crippen molar-refractivity contribution in [3.05, 3.63) is 65.7 Å². The average molecular weight is 282 g/mol. The Morgan fingerprint density at radius 3 is 2.33 bits per heavy atom. The first kappa shape index (κ1) is 15.1. The van der Waals surface area contributed by atoms with Crippen LogP contribution in [0.3, 0.4) is 0 Å². The molecule has 1 amide bonds. The predicted octanol–water partition coefficient (Wildman–Crippen LogP) is 3.60. The monoisotopic (exact) mass is 282 g/mol. The smallest absolute Gasteiger partial charge is 0.255 e. The Morgan fingerprint density at radius 1 is 1.05 bits per heavy atom. The number of anilines is 1. The van der Waals surface area contributed by atoms with Crippen LogP contribution < -0.4 is 5.32 Å². The van der Waals surface area contributed by atoms with Crippen molar-refractivity contribution in [3.63, 3.8) is 0 Å². The molecule has 0 spiro atoms. The molecule has 0 saturated carbocycles. The van der Waals surface area contributed by atoms with E-state index in [2.05, 4.69) is 36.5 Å². The van der Waals surface area contributed by atoms with Gasteiger partial charge in [-0.25, -0.2) is 0 Å². The van der Waals surface area contributed by atoms with Crippen molar-refractivity contribution >= 4 is 11.6 Å². The number of nitrogens with zero attached hydrogens (tertiary/aromatic N) is 1.